The molecular weight excluding hydrogens is 241 g/mol. The van der Waals surface area contributed by atoms with Gasteiger partial charge in [-0.3, -0.25) is 0 Å². The van der Waals surface area contributed by atoms with E-state index >= 15 is 0 Å². The van der Waals surface area contributed by atoms with Crippen molar-refractivity contribution in [1.82, 2.24) is 14.9 Å². The predicted molar refractivity (Wildman–Crippen MR) is 74.7 cm³/mol. The van der Waals surface area contributed by atoms with E-state index in [2.05, 4.69) is 35.6 Å². The van der Waals surface area contributed by atoms with Crippen LogP contribution in [-0.2, 0) is 5.54 Å². The number of rotatable bonds is 4. The van der Waals surface area contributed by atoms with Crippen LogP contribution in [0.3, 0.4) is 0 Å². The van der Waals surface area contributed by atoms with E-state index in [4.69, 9.17) is 0 Å². The number of nitrogens with one attached hydrogen (secondary N) is 1. The van der Waals surface area contributed by atoms with E-state index in [1.807, 2.05) is 6.07 Å². The van der Waals surface area contributed by atoms with Crippen molar-refractivity contribution in [2.24, 2.45) is 0 Å². The van der Waals surface area contributed by atoms with Crippen LogP contribution < -0.4 is 5.32 Å². The molecule has 0 unspecified atom stereocenters. The Morgan fingerprint density at radius 2 is 2.16 bits per heavy atom. The first-order valence-corrected chi connectivity index (χ1v) is 6.96. The normalized spacial score (nSPS) is 16.2. The van der Waals surface area contributed by atoms with Crippen molar-refractivity contribution in [2.45, 2.75) is 45.2 Å². The summed E-state index contributed by atoms with van der Waals surface area (Å²) in [6, 6.07) is 5.70. The minimum atomic E-state index is -0.247. The Kier molecular flexibility index (Phi) is 2.86. The fourth-order valence-electron chi connectivity index (χ4n) is 2.75. The highest BCUT2D eigenvalue weighted by atomic mass is 19.1. The van der Waals surface area contributed by atoms with Crippen molar-refractivity contribution in [3.8, 4) is 0 Å². The second kappa shape index (κ2) is 4.30. The molecule has 1 aliphatic rings. The molecular formula is C15H20FN3. The van der Waals surface area contributed by atoms with Gasteiger partial charge in [0.15, 0.2) is 5.82 Å². The Morgan fingerprint density at radius 1 is 1.42 bits per heavy atom. The molecule has 0 aliphatic heterocycles. The topological polar surface area (TPSA) is 29.9 Å². The molecule has 3 nitrogen and oxygen atoms in total. The van der Waals surface area contributed by atoms with Gasteiger partial charge < -0.3 is 9.88 Å². The number of nitrogens with zero attached hydrogens (tertiary/aromatic N) is 2. The number of fused-ring (bicyclic) bond motifs is 1. The third kappa shape index (κ3) is 2.04. The van der Waals surface area contributed by atoms with Crippen LogP contribution in [0.25, 0.3) is 11.0 Å². The number of hydrogen-bond donors (Lipinski definition) is 1. The quantitative estimate of drug-likeness (QED) is 0.914. The summed E-state index contributed by atoms with van der Waals surface area (Å²) in [5.74, 6) is 0.711. The molecule has 1 aromatic carbocycles. The lowest BCUT2D eigenvalue weighted by atomic mass is 10.0. The Hall–Kier alpha value is -1.42. The highest BCUT2D eigenvalue weighted by Crippen LogP contribution is 2.41. The molecule has 0 bridgehead atoms. The molecule has 102 valence electrons. The minimum absolute atomic E-state index is 0.231. The zero-order valence-corrected chi connectivity index (χ0v) is 11.7. The second-order valence-corrected chi connectivity index (χ2v) is 5.80. The smallest absolute Gasteiger partial charge is 0.151 e. The van der Waals surface area contributed by atoms with E-state index in [0.717, 1.165) is 30.7 Å². The molecule has 0 saturated heterocycles. The maximum atomic E-state index is 13.9. The molecule has 1 aromatic heterocycles. The highest BCUT2D eigenvalue weighted by molar-refractivity contribution is 5.77. The zero-order valence-electron chi connectivity index (χ0n) is 11.7. The summed E-state index contributed by atoms with van der Waals surface area (Å²) in [7, 11) is 0. The summed E-state index contributed by atoms with van der Waals surface area (Å²) in [6.07, 6.45) is 2.33. The first-order chi connectivity index (χ1) is 9.04. The van der Waals surface area contributed by atoms with Gasteiger partial charge in [-0.2, -0.15) is 0 Å². The number of aromatic nitrogens is 2. The largest absolute Gasteiger partial charge is 0.323 e. The molecule has 1 heterocycles. The minimum Gasteiger partial charge on any atom is -0.323 e. The summed E-state index contributed by atoms with van der Waals surface area (Å²) < 4.78 is 16.2. The van der Waals surface area contributed by atoms with Crippen molar-refractivity contribution in [3.05, 3.63) is 29.8 Å². The Morgan fingerprint density at radius 3 is 2.79 bits per heavy atom. The van der Waals surface area contributed by atoms with Crippen LogP contribution in [0, 0.1) is 5.82 Å². The molecule has 1 fully saturated rings. The van der Waals surface area contributed by atoms with Crippen molar-refractivity contribution >= 4 is 11.0 Å². The van der Waals surface area contributed by atoms with E-state index in [0.29, 0.717) is 11.6 Å². The van der Waals surface area contributed by atoms with Crippen LogP contribution >= 0.6 is 0 Å². The van der Waals surface area contributed by atoms with E-state index in [1.165, 1.54) is 6.07 Å². The Balaban J connectivity index is 2.23. The molecule has 1 aliphatic carbocycles. The van der Waals surface area contributed by atoms with Gasteiger partial charge in [0.25, 0.3) is 0 Å². The molecule has 4 heteroatoms. The van der Waals surface area contributed by atoms with E-state index < -0.39 is 0 Å². The van der Waals surface area contributed by atoms with Gasteiger partial charge in [-0.25, -0.2) is 9.37 Å². The molecule has 0 radical (unpaired) electrons. The van der Waals surface area contributed by atoms with Crippen LogP contribution in [0.15, 0.2) is 18.2 Å². The van der Waals surface area contributed by atoms with Crippen molar-refractivity contribution in [2.75, 3.05) is 6.54 Å². The average molecular weight is 261 g/mol. The lowest BCUT2D eigenvalue weighted by molar-refractivity contribution is 0.376. The molecule has 2 aromatic rings. The first kappa shape index (κ1) is 12.6. The van der Waals surface area contributed by atoms with Gasteiger partial charge in [-0.05, 0) is 45.4 Å². The number of benzene rings is 1. The lowest BCUT2D eigenvalue weighted by Crippen LogP contribution is -2.38. The molecule has 3 rings (SSSR count). The fourth-order valence-corrected chi connectivity index (χ4v) is 2.75. The third-order valence-corrected chi connectivity index (χ3v) is 3.76. The molecule has 0 atom stereocenters. The Bertz CT molecular complexity index is 611. The standard InChI is InChI=1S/C15H20FN3/c1-4-17-15(2,3)14-18-13-11(16)6-5-7-12(13)19(14)10-8-9-10/h5-7,10,17H,4,8-9H2,1-3H3. The maximum absolute atomic E-state index is 13.9. The van der Waals surface area contributed by atoms with Crippen LogP contribution in [0.5, 0.6) is 0 Å². The van der Waals surface area contributed by atoms with Crippen molar-refractivity contribution in [1.29, 1.82) is 0 Å². The monoisotopic (exact) mass is 261 g/mol. The van der Waals surface area contributed by atoms with Crippen LogP contribution in [-0.4, -0.2) is 16.1 Å². The van der Waals surface area contributed by atoms with Crippen molar-refractivity contribution in [3.63, 3.8) is 0 Å². The van der Waals surface area contributed by atoms with Crippen molar-refractivity contribution < 1.29 is 4.39 Å². The van der Waals surface area contributed by atoms with Gasteiger partial charge in [0.1, 0.15) is 11.3 Å². The van der Waals surface area contributed by atoms with E-state index in [9.17, 15) is 4.39 Å². The van der Waals surface area contributed by atoms with Gasteiger partial charge in [-0.15, -0.1) is 0 Å². The van der Waals surface area contributed by atoms with Gasteiger partial charge >= 0.3 is 0 Å². The summed E-state index contributed by atoms with van der Waals surface area (Å²) in [4.78, 5) is 4.59. The van der Waals surface area contributed by atoms with Gasteiger partial charge in [0.2, 0.25) is 0 Å². The highest BCUT2D eigenvalue weighted by Gasteiger charge is 2.34. The number of halogens is 1. The second-order valence-electron chi connectivity index (χ2n) is 5.80. The van der Waals surface area contributed by atoms with Crippen LogP contribution in [0.1, 0.15) is 45.5 Å². The van der Waals surface area contributed by atoms with E-state index in [-0.39, 0.29) is 11.4 Å². The SMILES string of the molecule is CCNC(C)(C)c1nc2c(F)cccc2n1C1CC1. The lowest BCUT2D eigenvalue weighted by Gasteiger charge is -2.26. The summed E-state index contributed by atoms with van der Waals surface area (Å²) in [6.45, 7) is 7.15. The van der Waals surface area contributed by atoms with Crippen LogP contribution in [0.4, 0.5) is 4.39 Å². The van der Waals surface area contributed by atoms with Crippen LogP contribution in [0.2, 0.25) is 0 Å². The molecule has 0 amide bonds. The summed E-state index contributed by atoms with van der Waals surface area (Å²) >= 11 is 0. The summed E-state index contributed by atoms with van der Waals surface area (Å²) in [5, 5.41) is 3.44. The first-order valence-electron chi connectivity index (χ1n) is 6.96. The molecule has 1 N–H and O–H groups in total. The van der Waals surface area contributed by atoms with Gasteiger partial charge in [-0.1, -0.05) is 13.0 Å². The molecule has 1 saturated carbocycles. The number of hydrogen-bond acceptors (Lipinski definition) is 2. The maximum Gasteiger partial charge on any atom is 0.151 e. The zero-order chi connectivity index (χ0) is 13.6. The number of para-hydroxylation sites is 1. The fraction of sp³-hybridized carbons (Fsp3) is 0.533. The van der Waals surface area contributed by atoms with Gasteiger partial charge in [0.05, 0.1) is 11.1 Å². The Labute approximate surface area is 112 Å². The summed E-state index contributed by atoms with van der Waals surface area (Å²) in [5.41, 5.74) is 1.17. The molecule has 19 heavy (non-hydrogen) atoms. The van der Waals surface area contributed by atoms with Gasteiger partial charge in [0, 0.05) is 6.04 Å². The third-order valence-electron chi connectivity index (χ3n) is 3.76. The number of imidazole rings is 1. The predicted octanol–water partition coefficient (Wildman–Crippen LogP) is 3.35. The van der Waals surface area contributed by atoms with E-state index in [1.54, 1.807) is 6.07 Å². The average Bonchev–Trinajstić information content (AvgIpc) is 3.09. The molecule has 0 spiro atoms.